The predicted octanol–water partition coefficient (Wildman–Crippen LogP) is 0.964. The first-order chi connectivity index (χ1) is 8.05. The highest BCUT2D eigenvalue weighted by atomic mass is 32.2. The van der Waals surface area contributed by atoms with E-state index in [0.717, 1.165) is 12.0 Å². The number of hydrogen-bond acceptors (Lipinski definition) is 3. The Morgan fingerprint density at radius 3 is 2.71 bits per heavy atom. The topological polar surface area (TPSA) is 63.4 Å². The predicted molar refractivity (Wildman–Crippen MR) is 67.1 cm³/mol. The van der Waals surface area contributed by atoms with Gasteiger partial charge in [0.15, 0.2) is 0 Å². The van der Waals surface area contributed by atoms with Gasteiger partial charge in [0.1, 0.15) is 0 Å². The van der Waals surface area contributed by atoms with Crippen molar-refractivity contribution in [3.8, 4) is 0 Å². The number of aryl methyl sites for hydroxylation is 1. The lowest BCUT2D eigenvalue weighted by atomic mass is 10.1. The van der Waals surface area contributed by atoms with Gasteiger partial charge in [0.05, 0.1) is 4.90 Å². The van der Waals surface area contributed by atoms with E-state index in [-0.39, 0.29) is 0 Å². The second kappa shape index (κ2) is 4.76. The third-order valence-corrected chi connectivity index (χ3v) is 5.32. The first-order valence-electron chi connectivity index (χ1n) is 5.81. The van der Waals surface area contributed by atoms with Gasteiger partial charge in [-0.25, -0.2) is 8.42 Å². The van der Waals surface area contributed by atoms with Crippen LogP contribution in [0, 0.1) is 12.8 Å². The third-order valence-electron chi connectivity index (χ3n) is 3.29. The van der Waals surface area contributed by atoms with Crippen LogP contribution in [0.1, 0.15) is 12.0 Å². The van der Waals surface area contributed by atoms with Crippen molar-refractivity contribution in [2.24, 2.45) is 11.7 Å². The van der Waals surface area contributed by atoms with Gasteiger partial charge < -0.3 is 5.73 Å². The quantitative estimate of drug-likeness (QED) is 0.874. The van der Waals surface area contributed by atoms with Gasteiger partial charge in [-0.1, -0.05) is 18.2 Å². The normalized spacial score (nSPS) is 21.9. The zero-order chi connectivity index (χ0) is 12.5. The molecule has 0 aliphatic carbocycles. The summed E-state index contributed by atoms with van der Waals surface area (Å²) in [6.45, 7) is 3.51. The number of nitrogens with zero attached hydrogens (tertiary/aromatic N) is 1. The van der Waals surface area contributed by atoms with Crippen molar-refractivity contribution in [2.75, 3.05) is 19.6 Å². The Labute approximate surface area is 102 Å². The van der Waals surface area contributed by atoms with Crippen LogP contribution in [0.15, 0.2) is 29.2 Å². The Bertz CT molecular complexity index is 499. The molecule has 1 heterocycles. The highest BCUT2D eigenvalue weighted by Gasteiger charge is 2.32. The average Bonchev–Trinajstić information content (AvgIpc) is 2.78. The van der Waals surface area contributed by atoms with Gasteiger partial charge in [0.2, 0.25) is 10.0 Å². The van der Waals surface area contributed by atoms with Gasteiger partial charge in [-0.05, 0) is 37.4 Å². The Morgan fingerprint density at radius 2 is 2.12 bits per heavy atom. The van der Waals surface area contributed by atoms with E-state index in [1.807, 2.05) is 19.1 Å². The zero-order valence-corrected chi connectivity index (χ0v) is 10.8. The standard InChI is InChI=1S/C12H18N2O2S/c1-10-4-2-3-5-12(10)17(15,16)14-7-6-11(8-13)9-14/h2-5,11H,6-9,13H2,1H3. The molecule has 4 nitrogen and oxygen atoms in total. The molecule has 17 heavy (non-hydrogen) atoms. The summed E-state index contributed by atoms with van der Waals surface area (Å²) < 4.78 is 26.4. The van der Waals surface area contributed by atoms with E-state index in [2.05, 4.69) is 0 Å². The third kappa shape index (κ3) is 2.36. The average molecular weight is 254 g/mol. The lowest BCUT2D eigenvalue weighted by Gasteiger charge is -2.17. The summed E-state index contributed by atoms with van der Waals surface area (Å²) >= 11 is 0. The second-order valence-corrected chi connectivity index (χ2v) is 6.43. The maximum atomic E-state index is 12.4. The van der Waals surface area contributed by atoms with E-state index in [0.29, 0.717) is 30.4 Å². The summed E-state index contributed by atoms with van der Waals surface area (Å²) in [6, 6.07) is 7.10. The summed E-state index contributed by atoms with van der Waals surface area (Å²) in [6.07, 6.45) is 0.863. The van der Waals surface area contributed by atoms with Gasteiger partial charge in [-0.3, -0.25) is 0 Å². The molecule has 2 N–H and O–H groups in total. The molecule has 1 atom stereocenters. The molecule has 0 radical (unpaired) electrons. The molecule has 0 bridgehead atoms. The molecule has 1 aliphatic rings. The van der Waals surface area contributed by atoms with E-state index in [1.165, 1.54) is 0 Å². The first-order valence-corrected chi connectivity index (χ1v) is 7.25. The highest BCUT2D eigenvalue weighted by Crippen LogP contribution is 2.25. The number of rotatable bonds is 3. The molecule has 5 heteroatoms. The lowest BCUT2D eigenvalue weighted by molar-refractivity contribution is 0.458. The number of hydrogen-bond donors (Lipinski definition) is 1. The fourth-order valence-corrected chi connectivity index (χ4v) is 3.95. The van der Waals surface area contributed by atoms with Crippen LogP contribution < -0.4 is 5.73 Å². The molecule has 1 unspecified atom stereocenters. The van der Waals surface area contributed by atoms with Crippen molar-refractivity contribution >= 4 is 10.0 Å². The van der Waals surface area contributed by atoms with Crippen molar-refractivity contribution in [1.29, 1.82) is 0 Å². The van der Waals surface area contributed by atoms with E-state index in [4.69, 9.17) is 5.73 Å². The minimum Gasteiger partial charge on any atom is -0.330 e. The smallest absolute Gasteiger partial charge is 0.243 e. The van der Waals surface area contributed by atoms with Crippen LogP contribution in [0.2, 0.25) is 0 Å². The molecule has 1 aromatic rings. The Kier molecular flexibility index (Phi) is 3.51. The maximum Gasteiger partial charge on any atom is 0.243 e. The van der Waals surface area contributed by atoms with Crippen molar-refractivity contribution in [3.63, 3.8) is 0 Å². The molecule has 0 saturated carbocycles. The summed E-state index contributed by atoms with van der Waals surface area (Å²) in [7, 11) is -3.33. The lowest BCUT2D eigenvalue weighted by Crippen LogP contribution is -2.30. The van der Waals surface area contributed by atoms with Crippen LogP contribution in [0.3, 0.4) is 0 Å². The van der Waals surface area contributed by atoms with Crippen LogP contribution in [-0.4, -0.2) is 32.4 Å². The van der Waals surface area contributed by atoms with Crippen LogP contribution in [-0.2, 0) is 10.0 Å². The molecule has 1 saturated heterocycles. The van der Waals surface area contributed by atoms with Gasteiger partial charge in [0, 0.05) is 13.1 Å². The van der Waals surface area contributed by atoms with E-state index < -0.39 is 10.0 Å². The molecule has 1 fully saturated rings. The van der Waals surface area contributed by atoms with Gasteiger partial charge in [0.25, 0.3) is 0 Å². The Balaban J connectivity index is 2.29. The van der Waals surface area contributed by atoms with Crippen molar-refractivity contribution in [2.45, 2.75) is 18.2 Å². The Morgan fingerprint density at radius 1 is 1.41 bits per heavy atom. The molecule has 0 amide bonds. The molecule has 1 aromatic carbocycles. The van der Waals surface area contributed by atoms with Gasteiger partial charge in [-0.2, -0.15) is 4.31 Å². The van der Waals surface area contributed by atoms with Crippen LogP contribution in [0.5, 0.6) is 0 Å². The number of nitrogens with two attached hydrogens (primary N) is 1. The SMILES string of the molecule is Cc1ccccc1S(=O)(=O)N1CCC(CN)C1. The van der Waals surface area contributed by atoms with E-state index >= 15 is 0 Å². The summed E-state index contributed by atoms with van der Waals surface area (Å²) in [5.74, 6) is 0.300. The molecule has 2 rings (SSSR count). The monoisotopic (exact) mass is 254 g/mol. The molecule has 94 valence electrons. The minimum absolute atomic E-state index is 0.300. The summed E-state index contributed by atoms with van der Waals surface area (Å²) in [5, 5.41) is 0. The fourth-order valence-electron chi connectivity index (χ4n) is 2.19. The molecule has 0 spiro atoms. The molecule has 0 aromatic heterocycles. The number of sulfonamides is 1. The molecule has 1 aliphatic heterocycles. The number of benzene rings is 1. The zero-order valence-electron chi connectivity index (χ0n) is 9.96. The Hall–Kier alpha value is -0.910. The summed E-state index contributed by atoms with van der Waals surface area (Å²) in [5.41, 5.74) is 6.38. The van der Waals surface area contributed by atoms with Crippen LogP contribution >= 0.6 is 0 Å². The molecular formula is C12H18N2O2S. The van der Waals surface area contributed by atoms with Crippen LogP contribution in [0.4, 0.5) is 0 Å². The van der Waals surface area contributed by atoms with Crippen molar-refractivity contribution in [1.82, 2.24) is 4.31 Å². The maximum absolute atomic E-state index is 12.4. The summed E-state index contributed by atoms with van der Waals surface area (Å²) in [4.78, 5) is 0.415. The van der Waals surface area contributed by atoms with Gasteiger partial charge >= 0.3 is 0 Å². The minimum atomic E-state index is -3.33. The van der Waals surface area contributed by atoms with E-state index in [9.17, 15) is 8.42 Å². The molecular weight excluding hydrogens is 236 g/mol. The first kappa shape index (κ1) is 12.5. The van der Waals surface area contributed by atoms with Crippen LogP contribution in [0.25, 0.3) is 0 Å². The van der Waals surface area contributed by atoms with E-state index in [1.54, 1.807) is 16.4 Å². The largest absolute Gasteiger partial charge is 0.330 e. The van der Waals surface area contributed by atoms with Crippen molar-refractivity contribution < 1.29 is 8.42 Å². The van der Waals surface area contributed by atoms with Gasteiger partial charge in [-0.15, -0.1) is 0 Å². The van der Waals surface area contributed by atoms with Crippen molar-refractivity contribution in [3.05, 3.63) is 29.8 Å². The fraction of sp³-hybridized carbons (Fsp3) is 0.500. The highest BCUT2D eigenvalue weighted by molar-refractivity contribution is 7.89. The second-order valence-electron chi connectivity index (χ2n) is 4.52.